The Morgan fingerprint density at radius 1 is 1.00 bits per heavy atom. The molecule has 2 aromatic heterocycles. The van der Waals surface area contributed by atoms with Crippen LogP contribution in [-0.4, -0.2) is 42.5 Å². The molecule has 1 aliphatic carbocycles. The molecule has 3 heterocycles. The number of ether oxygens (including phenoxy) is 1. The Morgan fingerprint density at radius 3 is 2.60 bits per heavy atom. The maximum atomic E-state index is 14.5. The number of anilines is 3. The van der Waals surface area contributed by atoms with Crippen LogP contribution in [0.3, 0.4) is 0 Å². The lowest BCUT2D eigenvalue weighted by molar-refractivity contribution is 0.0531. The standard InChI is InChI=1S/C35H35FN4O4S/c1-3-5-16-37-32-27(18-22-7-6-8-28(22)39-32)33(41)38-25-12-9-21(10-13-25)34(42)40-17-15-23-19-30(35(43)44-4-2)45-31(23)26-14-11-24(36)20-29(26)40/h9-14,18-20H,3-8,15-17H2,1-2H3,(H,37,39)(H,38,41). The number of carbonyl (C=O) groups excluding carboxylic acids is 3. The van der Waals surface area contributed by atoms with E-state index in [2.05, 4.69) is 17.6 Å². The first-order valence-electron chi connectivity index (χ1n) is 15.5. The second-order valence-corrected chi connectivity index (χ2v) is 12.3. The molecule has 8 nitrogen and oxygen atoms in total. The number of pyridine rings is 1. The Bertz CT molecular complexity index is 1770. The van der Waals surface area contributed by atoms with Crippen LogP contribution in [0.15, 0.2) is 54.6 Å². The Labute approximate surface area is 265 Å². The number of amides is 2. The first-order valence-corrected chi connectivity index (χ1v) is 16.3. The zero-order valence-electron chi connectivity index (χ0n) is 25.4. The van der Waals surface area contributed by atoms with Crippen LogP contribution in [0.2, 0.25) is 0 Å². The number of unbranched alkanes of at least 4 members (excludes halogenated alkanes) is 1. The molecule has 0 spiro atoms. The lowest BCUT2D eigenvalue weighted by atomic mass is 10.1. The largest absolute Gasteiger partial charge is 0.462 e. The van der Waals surface area contributed by atoms with Crippen molar-refractivity contribution in [1.82, 2.24) is 4.98 Å². The van der Waals surface area contributed by atoms with E-state index in [1.165, 1.54) is 23.5 Å². The number of halogens is 1. The fourth-order valence-electron chi connectivity index (χ4n) is 5.84. The molecule has 1 aliphatic heterocycles. The van der Waals surface area contributed by atoms with E-state index in [-0.39, 0.29) is 18.4 Å². The van der Waals surface area contributed by atoms with Gasteiger partial charge in [0.25, 0.3) is 11.8 Å². The highest BCUT2D eigenvalue weighted by atomic mass is 32.1. The summed E-state index contributed by atoms with van der Waals surface area (Å²) in [5, 5.41) is 6.30. The first-order chi connectivity index (χ1) is 21.9. The van der Waals surface area contributed by atoms with Crippen LogP contribution >= 0.6 is 11.3 Å². The fraction of sp³-hybridized carbons (Fsp3) is 0.314. The summed E-state index contributed by atoms with van der Waals surface area (Å²) in [5.41, 5.74) is 5.67. The number of nitrogens with zero attached hydrogens (tertiary/aromatic N) is 2. The Balaban J connectivity index is 1.22. The summed E-state index contributed by atoms with van der Waals surface area (Å²) in [4.78, 5) is 47.3. The van der Waals surface area contributed by atoms with Gasteiger partial charge in [-0.15, -0.1) is 11.3 Å². The van der Waals surface area contributed by atoms with E-state index in [1.807, 2.05) is 6.07 Å². The first kappa shape index (κ1) is 30.5. The fourth-order valence-corrected chi connectivity index (χ4v) is 6.98. The summed E-state index contributed by atoms with van der Waals surface area (Å²) < 4.78 is 19.7. The molecule has 2 N–H and O–H groups in total. The second kappa shape index (κ2) is 13.2. The van der Waals surface area contributed by atoms with Crippen LogP contribution in [0.4, 0.5) is 21.6 Å². The molecule has 0 atom stereocenters. The van der Waals surface area contributed by atoms with Crippen LogP contribution in [0, 0.1) is 5.82 Å². The number of thiophene rings is 1. The number of nitrogens with one attached hydrogen (secondary N) is 2. The average molecular weight is 627 g/mol. The number of rotatable bonds is 9. The summed E-state index contributed by atoms with van der Waals surface area (Å²) in [7, 11) is 0. The van der Waals surface area contributed by atoms with Crippen molar-refractivity contribution in [3.8, 4) is 10.4 Å². The minimum Gasteiger partial charge on any atom is -0.462 e. The van der Waals surface area contributed by atoms with Gasteiger partial charge in [-0.05, 0) is 105 Å². The van der Waals surface area contributed by atoms with Crippen molar-refractivity contribution in [3.63, 3.8) is 0 Å². The number of fused-ring (bicyclic) bond motifs is 4. The van der Waals surface area contributed by atoms with Gasteiger partial charge in [0.2, 0.25) is 0 Å². The lowest BCUT2D eigenvalue weighted by Crippen LogP contribution is -2.32. The highest BCUT2D eigenvalue weighted by Gasteiger charge is 2.29. The molecule has 6 rings (SSSR count). The van der Waals surface area contributed by atoms with Crippen LogP contribution < -0.4 is 15.5 Å². The zero-order chi connectivity index (χ0) is 31.5. The van der Waals surface area contributed by atoms with Gasteiger partial charge in [0.1, 0.15) is 16.5 Å². The summed E-state index contributed by atoms with van der Waals surface area (Å²) in [6.07, 6.45) is 5.38. The van der Waals surface area contributed by atoms with Gasteiger partial charge in [0.15, 0.2) is 0 Å². The highest BCUT2D eigenvalue weighted by molar-refractivity contribution is 7.17. The Morgan fingerprint density at radius 2 is 1.82 bits per heavy atom. The van der Waals surface area contributed by atoms with Crippen molar-refractivity contribution in [2.24, 2.45) is 0 Å². The number of aromatic nitrogens is 1. The predicted molar refractivity (Wildman–Crippen MR) is 175 cm³/mol. The van der Waals surface area contributed by atoms with Crippen molar-refractivity contribution < 1.29 is 23.5 Å². The number of hydrogen-bond donors (Lipinski definition) is 2. The summed E-state index contributed by atoms with van der Waals surface area (Å²) >= 11 is 1.29. The molecule has 0 fully saturated rings. The third kappa shape index (κ3) is 6.33. The smallest absolute Gasteiger partial charge is 0.348 e. The van der Waals surface area contributed by atoms with Crippen molar-refractivity contribution >= 4 is 46.3 Å². The molecular formula is C35H35FN4O4S. The molecule has 4 aromatic rings. The van der Waals surface area contributed by atoms with E-state index in [9.17, 15) is 18.8 Å². The van der Waals surface area contributed by atoms with Crippen molar-refractivity contribution in [2.45, 2.75) is 52.4 Å². The van der Waals surface area contributed by atoms with Crippen LogP contribution in [-0.2, 0) is 24.0 Å². The molecule has 2 amide bonds. The van der Waals surface area contributed by atoms with Crippen molar-refractivity contribution in [3.05, 3.63) is 93.2 Å². The van der Waals surface area contributed by atoms with Crippen molar-refractivity contribution in [1.29, 1.82) is 0 Å². The van der Waals surface area contributed by atoms with Gasteiger partial charge in [0, 0.05) is 40.5 Å². The topological polar surface area (TPSA) is 101 Å². The molecule has 10 heteroatoms. The van der Waals surface area contributed by atoms with Gasteiger partial charge < -0.3 is 20.3 Å². The number of aryl methyl sites for hydroxylation is 2. The minimum absolute atomic E-state index is 0.263. The number of esters is 1. The number of carbonyl (C=O) groups is 3. The van der Waals surface area contributed by atoms with E-state index in [4.69, 9.17) is 9.72 Å². The molecule has 0 radical (unpaired) electrons. The summed E-state index contributed by atoms with van der Waals surface area (Å²) in [6, 6.07) is 14.8. The summed E-state index contributed by atoms with van der Waals surface area (Å²) in [6.45, 7) is 5.19. The zero-order valence-corrected chi connectivity index (χ0v) is 26.2. The van der Waals surface area contributed by atoms with Crippen LogP contribution in [0.25, 0.3) is 10.4 Å². The number of benzene rings is 2. The molecule has 0 saturated carbocycles. The van der Waals surface area contributed by atoms with Gasteiger partial charge in [-0.1, -0.05) is 13.3 Å². The average Bonchev–Trinajstić information content (AvgIpc) is 3.65. The van der Waals surface area contributed by atoms with Gasteiger partial charge in [0.05, 0.1) is 17.9 Å². The third-order valence-corrected chi connectivity index (χ3v) is 9.33. The normalized spacial score (nSPS) is 13.4. The maximum absolute atomic E-state index is 14.5. The van der Waals surface area contributed by atoms with E-state index in [0.29, 0.717) is 51.7 Å². The SMILES string of the molecule is CCCCNc1nc2c(cc1C(=O)Nc1ccc(C(=O)N3CCc4cc(C(=O)OCC)sc4-c4ccc(F)cc43)cc1)CCC2. The molecule has 45 heavy (non-hydrogen) atoms. The highest BCUT2D eigenvalue weighted by Crippen LogP contribution is 2.42. The molecule has 2 aliphatic rings. The molecule has 0 saturated heterocycles. The van der Waals surface area contributed by atoms with Crippen LogP contribution in [0.5, 0.6) is 0 Å². The Hall–Kier alpha value is -4.57. The third-order valence-electron chi connectivity index (χ3n) is 8.14. The second-order valence-electron chi connectivity index (χ2n) is 11.2. The van der Waals surface area contributed by atoms with Gasteiger partial charge >= 0.3 is 5.97 Å². The molecular weight excluding hydrogens is 591 g/mol. The molecule has 0 bridgehead atoms. The minimum atomic E-state index is -0.458. The lowest BCUT2D eigenvalue weighted by Gasteiger charge is -2.23. The van der Waals surface area contributed by atoms with E-state index in [1.54, 1.807) is 48.2 Å². The summed E-state index contributed by atoms with van der Waals surface area (Å²) in [5.74, 6) is -0.801. The Kier molecular flexibility index (Phi) is 8.93. The van der Waals surface area contributed by atoms with E-state index < -0.39 is 11.8 Å². The van der Waals surface area contributed by atoms with E-state index >= 15 is 0 Å². The van der Waals surface area contributed by atoms with Gasteiger partial charge in [-0.2, -0.15) is 0 Å². The monoisotopic (exact) mass is 626 g/mol. The van der Waals surface area contributed by atoms with E-state index in [0.717, 1.165) is 60.3 Å². The van der Waals surface area contributed by atoms with Gasteiger partial charge in [-0.3, -0.25) is 9.59 Å². The van der Waals surface area contributed by atoms with Gasteiger partial charge in [-0.25, -0.2) is 14.2 Å². The maximum Gasteiger partial charge on any atom is 0.348 e. The number of hydrogen-bond acceptors (Lipinski definition) is 7. The quantitative estimate of drug-likeness (QED) is 0.150. The molecule has 0 unspecified atom stereocenters. The predicted octanol–water partition coefficient (Wildman–Crippen LogP) is 7.28. The molecule has 2 aromatic carbocycles. The van der Waals surface area contributed by atoms with Crippen LogP contribution in [0.1, 0.15) is 80.3 Å². The van der Waals surface area contributed by atoms with Crippen molar-refractivity contribution in [2.75, 3.05) is 35.2 Å². The molecule has 232 valence electrons.